The minimum absolute atomic E-state index is 0.268. The number of alkyl halides is 1. The zero-order chi connectivity index (χ0) is 12.2. The summed E-state index contributed by atoms with van der Waals surface area (Å²) in [4.78, 5) is 22.4. The summed E-state index contributed by atoms with van der Waals surface area (Å²) in [6.45, 7) is 1.43. The Hall–Kier alpha value is -1.55. The molecule has 0 unspecified atom stereocenters. The van der Waals surface area contributed by atoms with Crippen molar-refractivity contribution in [1.29, 1.82) is 0 Å². The van der Waals surface area contributed by atoms with Gasteiger partial charge in [0, 0.05) is 0 Å². The highest BCUT2D eigenvalue weighted by atomic mass is 35.5. The van der Waals surface area contributed by atoms with Gasteiger partial charge in [0.2, 0.25) is 5.91 Å². The zero-order valence-corrected chi connectivity index (χ0v) is 9.49. The van der Waals surface area contributed by atoms with Crippen LogP contribution in [0.25, 0.3) is 0 Å². The molecule has 0 heterocycles. The van der Waals surface area contributed by atoms with Gasteiger partial charge in [-0.05, 0) is 12.5 Å². The lowest BCUT2D eigenvalue weighted by atomic mass is 9.92. The average molecular weight is 242 g/mol. The Bertz CT molecular complexity index is 393. The standard InChI is InChI=1S/C11H12ClNO3/c1-11(10(15)16,13-9(14)7-12)8-5-3-2-4-6-8/h2-6H,7H2,1H3,(H,13,14)(H,15,16)/t11-/m0/s1. The maximum absolute atomic E-state index is 11.2. The van der Waals surface area contributed by atoms with Gasteiger partial charge in [-0.25, -0.2) is 4.79 Å². The van der Waals surface area contributed by atoms with Crippen molar-refractivity contribution in [1.82, 2.24) is 5.32 Å². The predicted molar refractivity (Wildman–Crippen MR) is 60.3 cm³/mol. The highest BCUT2D eigenvalue weighted by Gasteiger charge is 2.36. The molecule has 1 aromatic rings. The molecule has 0 saturated carbocycles. The fraction of sp³-hybridized carbons (Fsp3) is 0.273. The molecule has 0 saturated heterocycles. The van der Waals surface area contributed by atoms with Crippen molar-refractivity contribution >= 4 is 23.5 Å². The summed E-state index contributed by atoms with van der Waals surface area (Å²) in [5.74, 6) is -1.91. The van der Waals surface area contributed by atoms with Crippen molar-refractivity contribution in [2.75, 3.05) is 5.88 Å². The van der Waals surface area contributed by atoms with Gasteiger partial charge in [0.1, 0.15) is 5.88 Å². The number of aliphatic carboxylic acids is 1. The van der Waals surface area contributed by atoms with Crippen LogP contribution in [0.1, 0.15) is 12.5 Å². The van der Waals surface area contributed by atoms with Crippen LogP contribution < -0.4 is 5.32 Å². The molecule has 1 rings (SSSR count). The Morgan fingerprint density at radius 2 is 1.94 bits per heavy atom. The van der Waals surface area contributed by atoms with Crippen LogP contribution in [0.2, 0.25) is 0 Å². The molecule has 5 heteroatoms. The highest BCUT2D eigenvalue weighted by Crippen LogP contribution is 2.20. The van der Waals surface area contributed by atoms with Gasteiger partial charge in [0.15, 0.2) is 5.54 Å². The first kappa shape index (κ1) is 12.5. The Labute approximate surface area is 98.2 Å². The molecule has 16 heavy (non-hydrogen) atoms. The zero-order valence-electron chi connectivity index (χ0n) is 8.74. The fourth-order valence-electron chi connectivity index (χ4n) is 1.33. The van der Waals surface area contributed by atoms with E-state index in [2.05, 4.69) is 5.32 Å². The van der Waals surface area contributed by atoms with Gasteiger partial charge >= 0.3 is 5.97 Å². The molecule has 0 aliphatic carbocycles. The van der Waals surface area contributed by atoms with Crippen LogP contribution in [0.3, 0.4) is 0 Å². The van der Waals surface area contributed by atoms with E-state index in [-0.39, 0.29) is 5.88 Å². The normalized spacial score (nSPS) is 13.9. The van der Waals surface area contributed by atoms with Gasteiger partial charge in [-0.15, -0.1) is 11.6 Å². The Morgan fingerprint density at radius 3 is 2.38 bits per heavy atom. The maximum Gasteiger partial charge on any atom is 0.333 e. The Kier molecular flexibility index (Phi) is 3.90. The summed E-state index contributed by atoms with van der Waals surface area (Å²) >= 11 is 5.35. The Morgan fingerprint density at radius 1 is 1.38 bits per heavy atom. The number of halogens is 1. The third-order valence-corrected chi connectivity index (χ3v) is 2.53. The van der Waals surface area contributed by atoms with E-state index in [1.165, 1.54) is 6.92 Å². The Balaban J connectivity index is 3.07. The van der Waals surface area contributed by atoms with Crippen molar-refractivity contribution in [3.05, 3.63) is 35.9 Å². The van der Waals surface area contributed by atoms with Crippen molar-refractivity contribution in [2.24, 2.45) is 0 Å². The molecule has 1 atom stereocenters. The van der Waals surface area contributed by atoms with Gasteiger partial charge in [-0.2, -0.15) is 0 Å². The van der Waals surface area contributed by atoms with E-state index < -0.39 is 17.4 Å². The molecule has 2 N–H and O–H groups in total. The lowest BCUT2D eigenvalue weighted by molar-refractivity contribution is -0.147. The third kappa shape index (κ3) is 2.52. The first-order chi connectivity index (χ1) is 7.50. The maximum atomic E-state index is 11.2. The van der Waals surface area contributed by atoms with Crippen molar-refractivity contribution in [2.45, 2.75) is 12.5 Å². The summed E-state index contributed by atoms with van der Waals surface area (Å²) in [6, 6.07) is 8.48. The molecule has 0 aromatic heterocycles. The number of carbonyl (C=O) groups is 2. The molecule has 0 aliphatic heterocycles. The second kappa shape index (κ2) is 4.99. The van der Waals surface area contributed by atoms with Crippen LogP contribution in [0.15, 0.2) is 30.3 Å². The van der Waals surface area contributed by atoms with Gasteiger partial charge in [0.25, 0.3) is 0 Å². The smallest absolute Gasteiger partial charge is 0.333 e. The van der Waals surface area contributed by atoms with Crippen molar-refractivity contribution in [3.8, 4) is 0 Å². The van der Waals surface area contributed by atoms with E-state index in [0.29, 0.717) is 5.56 Å². The topological polar surface area (TPSA) is 66.4 Å². The van der Waals surface area contributed by atoms with Crippen LogP contribution in [0.4, 0.5) is 0 Å². The molecule has 0 bridgehead atoms. The second-order valence-electron chi connectivity index (χ2n) is 3.48. The van der Waals surface area contributed by atoms with Gasteiger partial charge in [0.05, 0.1) is 0 Å². The molecular weight excluding hydrogens is 230 g/mol. The number of carbonyl (C=O) groups excluding carboxylic acids is 1. The lowest BCUT2D eigenvalue weighted by Crippen LogP contribution is -2.50. The van der Waals surface area contributed by atoms with Crippen LogP contribution in [-0.2, 0) is 15.1 Å². The van der Waals surface area contributed by atoms with E-state index in [1.54, 1.807) is 30.3 Å². The molecule has 0 fully saturated rings. The van der Waals surface area contributed by atoms with Crippen LogP contribution in [-0.4, -0.2) is 22.9 Å². The molecule has 1 amide bonds. The van der Waals surface area contributed by atoms with E-state index in [1.807, 2.05) is 0 Å². The molecule has 0 radical (unpaired) electrons. The number of rotatable bonds is 4. The van der Waals surface area contributed by atoms with Crippen LogP contribution in [0.5, 0.6) is 0 Å². The second-order valence-corrected chi connectivity index (χ2v) is 3.75. The summed E-state index contributed by atoms with van der Waals surface area (Å²) in [7, 11) is 0. The van der Waals surface area contributed by atoms with Gasteiger partial charge < -0.3 is 10.4 Å². The molecule has 4 nitrogen and oxygen atoms in total. The third-order valence-electron chi connectivity index (χ3n) is 2.29. The van der Waals surface area contributed by atoms with E-state index in [4.69, 9.17) is 11.6 Å². The minimum Gasteiger partial charge on any atom is -0.479 e. The predicted octanol–water partition coefficient (Wildman–Crippen LogP) is 1.34. The molecule has 1 aromatic carbocycles. The summed E-state index contributed by atoms with van der Waals surface area (Å²) < 4.78 is 0. The lowest BCUT2D eigenvalue weighted by Gasteiger charge is -2.26. The number of hydrogen-bond donors (Lipinski definition) is 2. The highest BCUT2D eigenvalue weighted by molar-refractivity contribution is 6.27. The quantitative estimate of drug-likeness (QED) is 0.782. The SMILES string of the molecule is C[C@@](NC(=O)CCl)(C(=O)O)c1ccccc1. The number of carboxylic acids is 1. The molecule has 0 spiro atoms. The average Bonchev–Trinajstić information content (AvgIpc) is 2.29. The van der Waals surface area contributed by atoms with Crippen LogP contribution >= 0.6 is 11.6 Å². The summed E-state index contributed by atoms with van der Waals surface area (Å²) in [6.07, 6.45) is 0. The summed E-state index contributed by atoms with van der Waals surface area (Å²) in [5, 5.41) is 11.6. The fourth-order valence-corrected chi connectivity index (χ4v) is 1.40. The number of benzene rings is 1. The number of nitrogens with one attached hydrogen (secondary N) is 1. The minimum atomic E-state index is -1.45. The molecule has 0 aliphatic rings. The van der Waals surface area contributed by atoms with E-state index in [9.17, 15) is 14.7 Å². The number of carboxylic acid groups (broad SMARTS) is 1. The number of amides is 1. The largest absolute Gasteiger partial charge is 0.479 e. The monoisotopic (exact) mass is 241 g/mol. The van der Waals surface area contributed by atoms with Crippen LogP contribution in [0, 0.1) is 0 Å². The van der Waals surface area contributed by atoms with Gasteiger partial charge in [-0.1, -0.05) is 30.3 Å². The van der Waals surface area contributed by atoms with Crippen molar-refractivity contribution < 1.29 is 14.7 Å². The molecule has 86 valence electrons. The van der Waals surface area contributed by atoms with Crippen molar-refractivity contribution in [3.63, 3.8) is 0 Å². The van der Waals surface area contributed by atoms with E-state index >= 15 is 0 Å². The van der Waals surface area contributed by atoms with Gasteiger partial charge in [-0.3, -0.25) is 4.79 Å². The van der Waals surface area contributed by atoms with E-state index in [0.717, 1.165) is 0 Å². The summed E-state index contributed by atoms with van der Waals surface area (Å²) in [5.41, 5.74) is -0.950. The molecular formula is C11H12ClNO3. The number of hydrogen-bond acceptors (Lipinski definition) is 2. The first-order valence-corrected chi connectivity index (χ1v) is 5.20. The first-order valence-electron chi connectivity index (χ1n) is 4.66.